The highest BCUT2D eigenvalue weighted by Crippen LogP contribution is 2.17. The molecule has 0 atom stereocenters. The number of nitrogens with one attached hydrogen (secondary N) is 1. The maximum absolute atomic E-state index is 12.1. The van der Waals surface area contributed by atoms with Crippen LogP contribution in [0.3, 0.4) is 0 Å². The Labute approximate surface area is 111 Å². The molecular weight excluding hydrogens is 242 g/mol. The first-order valence-electron chi connectivity index (χ1n) is 5.77. The molecule has 1 amide bonds. The fourth-order valence-electron chi connectivity index (χ4n) is 1.64. The van der Waals surface area contributed by atoms with Crippen LogP contribution in [0.25, 0.3) is 0 Å². The molecule has 0 fully saturated rings. The van der Waals surface area contributed by atoms with E-state index in [1.165, 1.54) is 13.3 Å². The molecule has 5 nitrogen and oxygen atoms in total. The van der Waals surface area contributed by atoms with E-state index >= 15 is 0 Å². The molecule has 0 saturated heterocycles. The van der Waals surface area contributed by atoms with Crippen LogP contribution in [0.5, 0.6) is 5.88 Å². The van der Waals surface area contributed by atoms with Gasteiger partial charge in [0.25, 0.3) is 5.91 Å². The second-order valence-electron chi connectivity index (χ2n) is 4.13. The Morgan fingerprint density at radius 2 is 2.11 bits per heavy atom. The topological polar surface area (TPSA) is 77.2 Å². The van der Waals surface area contributed by atoms with Crippen molar-refractivity contribution in [3.8, 4) is 5.88 Å². The first kappa shape index (κ1) is 12.9. The minimum atomic E-state index is -0.256. The molecule has 1 heterocycles. The van der Waals surface area contributed by atoms with Crippen molar-refractivity contribution < 1.29 is 9.53 Å². The lowest BCUT2D eigenvalue weighted by atomic mass is 10.1. The lowest BCUT2D eigenvalue weighted by molar-refractivity contribution is 0.102. The number of hydrogen-bond donors (Lipinski definition) is 2. The zero-order chi connectivity index (χ0) is 13.8. The molecule has 0 aliphatic rings. The van der Waals surface area contributed by atoms with Crippen LogP contribution < -0.4 is 15.8 Å². The maximum atomic E-state index is 12.1. The quantitative estimate of drug-likeness (QED) is 0.827. The van der Waals surface area contributed by atoms with Crippen LogP contribution in [-0.4, -0.2) is 18.0 Å². The Kier molecular flexibility index (Phi) is 3.66. The van der Waals surface area contributed by atoms with Crippen LogP contribution in [0.1, 0.15) is 15.9 Å². The third-order valence-electron chi connectivity index (χ3n) is 2.66. The zero-order valence-electron chi connectivity index (χ0n) is 10.8. The minimum absolute atomic E-state index is 0.256. The van der Waals surface area contributed by atoms with Gasteiger partial charge in [0.1, 0.15) is 0 Å². The number of rotatable bonds is 3. The summed E-state index contributed by atoms with van der Waals surface area (Å²) in [6, 6.07) is 8.73. The number of amides is 1. The van der Waals surface area contributed by atoms with Crippen molar-refractivity contribution in [1.82, 2.24) is 4.98 Å². The smallest absolute Gasteiger partial charge is 0.257 e. The van der Waals surface area contributed by atoms with Crippen LogP contribution in [0, 0.1) is 6.92 Å². The predicted octanol–water partition coefficient (Wildman–Crippen LogP) is 2.23. The first-order chi connectivity index (χ1) is 9.10. The summed E-state index contributed by atoms with van der Waals surface area (Å²) in [4.78, 5) is 16.1. The van der Waals surface area contributed by atoms with Gasteiger partial charge in [0.2, 0.25) is 5.88 Å². The summed E-state index contributed by atoms with van der Waals surface area (Å²) < 4.78 is 4.95. The molecule has 3 N–H and O–H groups in total. The van der Waals surface area contributed by atoms with Crippen LogP contribution in [-0.2, 0) is 0 Å². The lowest BCUT2D eigenvalue weighted by Gasteiger charge is -2.08. The Balaban J connectivity index is 2.18. The molecule has 0 unspecified atom stereocenters. The van der Waals surface area contributed by atoms with Crippen LogP contribution in [0.15, 0.2) is 36.5 Å². The second kappa shape index (κ2) is 5.39. The van der Waals surface area contributed by atoms with Gasteiger partial charge < -0.3 is 15.8 Å². The molecule has 0 bridgehead atoms. The third kappa shape index (κ3) is 3.01. The van der Waals surface area contributed by atoms with E-state index in [1.807, 2.05) is 13.0 Å². The Hall–Kier alpha value is -2.56. The monoisotopic (exact) mass is 257 g/mol. The summed E-state index contributed by atoms with van der Waals surface area (Å²) in [6.07, 6.45) is 1.53. The van der Waals surface area contributed by atoms with E-state index in [0.29, 0.717) is 22.8 Å². The minimum Gasteiger partial charge on any atom is -0.481 e. The van der Waals surface area contributed by atoms with Gasteiger partial charge >= 0.3 is 0 Å². The zero-order valence-corrected chi connectivity index (χ0v) is 10.8. The number of nitrogens with two attached hydrogens (primary N) is 1. The van der Waals surface area contributed by atoms with Crippen LogP contribution in [0.2, 0.25) is 0 Å². The highest BCUT2D eigenvalue weighted by atomic mass is 16.5. The van der Waals surface area contributed by atoms with Gasteiger partial charge in [-0.3, -0.25) is 4.79 Å². The van der Waals surface area contributed by atoms with Crippen molar-refractivity contribution in [3.63, 3.8) is 0 Å². The van der Waals surface area contributed by atoms with Crippen molar-refractivity contribution in [2.75, 3.05) is 18.2 Å². The van der Waals surface area contributed by atoms with Crippen molar-refractivity contribution in [2.24, 2.45) is 0 Å². The number of nitrogen functional groups attached to an aromatic ring is 1. The molecule has 98 valence electrons. The number of nitrogens with zero attached hydrogens (tertiary/aromatic N) is 1. The van der Waals surface area contributed by atoms with E-state index in [2.05, 4.69) is 10.3 Å². The summed E-state index contributed by atoms with van der Waals surface area (Å²) in [7, 11) is 1.54. The molecule has 1 aromatic carbocycles. The van der Waals surface area contributed by atoms with Crippen molar-refractivity contribution in [3.05, 3.63) is 47.7 Å². The van der Waals surface area contributed by atoms with E-state index in [0.717, 1.165) is 5.56 Å². The summed E-state index contributed by atoms with van der Waals surface area (Å²) in [6.45, 7) is 1.91. The highest BCUT2D eigenvalue weighted by Gasteiger charge is 2.10. The fourth-order valence-corrected chi connectivity index (χ4v) is 1.64. The van der Waals surface area contributed by atoms with Gasteiger partial charge in [-0.15, -0.1) is 0 Å². The van der Waals surface area contributed by atoms with Gasteiger partial charge in [-0.05, 0) is 25.1 Å². The van der Waals surface area contributed by atoms with E-state index in [1.54, 1.807) is 24.3 Å². The molecule has 2 aromatic rings. The summed E-state index contributed by atoms with van der Waals surface area (Å²) >= 11 is 0. The number of ether oxygens (including phenoxy) is 1. The molecule has 0 saturated carbocycles. The number of benzene rings is 1. The van der Waals surface area contributed by atoms with E-state index in [4.69, 9.17) is 10.5 Å². The Bertz CT molecular complexity index is 594. The molecule has 5 heteroatoms. The lowest BCUT2D eigenvalue weighted by Crippen LogP contribution is -2.14. The Morgan fingerprint density at radius 1 is 1.32 bits per heavy atom. The first-order valence-corrected chi connectivity index (χ1v) is 5.77. The standard InChI is InChI=1S/C14H15N3O2/c1-9-3-5-12(15)11(7-9)14(18)17-10-4-6-13(19-2)16-8-10/h3-8H,15H2,1-2H3,(H,17,18). The molecular formula is C14H15N3O2. The number of carbonyl (C=O) groups excluding carboxylic acids is 1. The molecule has 2 rings (SSSR count). The SMILES string of the molecule is COc1ccc(NC(=O)c2cc(C)ccc2N)cn1. The van der Waals surface area contributed by atoms with Gasteiger partial charge in [0, 0.05) is 11.8 Å². The number of hydrogen-bond acceptors (Lipinski definition) is 4. The Morgan fingerprint density at radius 3 is 2.74 bits per heavy atom. The largest absolute Gasteiger partial charge is 0.481 e. The van der Waals surface area contributed by atoms with Gasteiger partial charge in [-0.1, -0.05) is 11.6 Å². The van der Waals surface area contributed by atoms with Crippen molar-refractivity contribution in [2.45, 2.75) is 6.92 Å². The van der Waals surface area contributed by atoms with E-state index < -0.39 is 0 Å². The van der Waals surface area contributed by atoms with Gasteiger partial charge in [0.15, 0.2) is 0 Å². The number of pyridine rings is 1. The molecule has 0 aliphatic heterocycles. The number of anilines is 2. The summed E-state index contributed by atoms with van der Waals surface area (Å²) in [5.74, 6) is 0.237. The van der Waals surface area contributed by atoms with Crippen molar-refractivity contribution >= 4 is 17.3 Å². The van der Waals surface area contributed by atoms with E-state index in [9.17, 15) is 4.79 Å². The normalized spacial score (nSPS) is 10.0. The number of aryl methyl sites for hydroxylation is 1. The fraction of sp³-hybridized carbons (Fsp3) is 0.143. The summed E-state index contributed by atoms with van der Waals surface area (Å²) in [5, 5.41) is 2.74. The number of aromatic nitrogens is 1. The highest BCUT2D eigenvalue weighted by molar-refractivity contribution is 6.07. The molecule has 1 aromatic heterocycles. The molecule has 0 aliphatic carbocycles. The maximum Gasteiger partial charge on any atom is 0.257 e. The predicted molar refractivity (Wildman–Crippen MR) is 74.3 cm³/mol. The number of carbonyl (C=O) groups is 1. The van der Waals surface area contributed by atoms with Gasteiger partial charge in [0.05, 0.1) is 24.6 Å². The molecule has 0 radical (unpaired) electrons. The van der Waals surface area contributed by atoms with E-state index in [-0.39, 0.29) is 5.91 Å². The average Bonchev–Trinajstić information content (AvgIpc) is 2.42. The average molecular weight is 257 g/mol. The van der Waals surface area contributed by atoms with Crippen LogP contribution >= 0.6 is 0 Å². The summed E-state index contributed by atoms with van der Waals surface area (Å²) in [5.41, 5.74) is 8.26. The third-order valence-corrected chi connectivity index (χ3v) is 2.66. The number of methoxy groups -OCH3 is 1. The molecule has 19 heavy (non-hydrogen) atoms. The van der Waals surface area contributed by atoms with Crippen LogP contribution in [0.4, 0.5) is 11.4 Å². The van der Waals surface area contributed by atoms with Gasteiger partial charge in [-0.25, -0.2) is 4.98 Å². The second-order valence-corrected chi connectivity index (χ2v) is 4.13. The van der Waals surface area contributed by atoms with Crippen molar-refractivity contribution in [1.29, 1.82) is 0 Å². The molecule has 0 spiro atoms. The van der Waals surface area contributed by atoms with Gasteiger partial charge in [-0.2, -0.15) is 0 Å².